The monoisotopic (exact) mass is 186 g/mol. The summed E-state index contributed by atoms with van der Waals surface area (Å²) in [7, 11) is 0. The van der Waals surface area contributed by atoms with E-state index in [1.165, 1.54) is 0 Å². The van der Waals surface area contributed by atoms with Gasteiger partial charge in [-0.3, -0.25) is 4.79 Å². The van der Waals surface area contributed by atoms with Gasteiger partial charge in [0, 0.05) is 5.41 Å². The molecule has 0 amide bonds. The van der Waals surface area contributed by atoms with Crippen LogP contribution < -0.4 is 0 Å². The van der Waals surface area contributed by atoms with E-state index in [1.54, 1.807) is 0 Å². The molecular formula is C11H22O2. The van der Waals surface area contributed by atoms with Crippen LogP contribution in [0.4, 0.5) is 0 Å². The maximum absolute atomic E-state index is 11.6. The number of hydrogen-bond donors (Lipinski definition) is 1. The minimum Gasteiger partial charge on any atom is -0.385 e. The fourth-order valence-corrected chi connectivity index (χ4v) is 1.17. The Hall–Kier alpha value is -0.370. The maximum Gasteiger partial charge on any atom is 0.166 e. The van der Waals surface area contributed by atoms with Gasteiger partial charge >= 0.3 is 0 Å². The van der Waals surface area contributed by atoms with Crippen LogP contribution in [-0.2, 0) is 4.79 Å². The summed E-state index contributed by atoms with van der Waals surface area (Å²) in [4.78, 5) is 11.6. The minimum absolute atomic E-state index is 0.000324. The van der Waals surface area contributed by atoms with E-state index in [1.807, 2.05) is 41.5 Å². The molecule has 0 aliphatic rings. The summed E-state index contributed by atoms with van der Waals surface area (Å²) in [5.74, 6) is -0.0672. The van der Waals surface area contributed by atoms with Crippen LogP contribution in [0.1, 0.15) is 48.0 Å². The first-order valence-corrected chi connectivity index (χ1v) is 4.76. The number of carbonyl (C=O) groups excluding carboxylic acids is 1. The van der Waals surface area contributed by atoms with E-state index in [2.05, 4.69) is 0 Å². The molecule has 0 rings (SSSR count). The number of Topliss-reactive ketones (excluding diaryl/α,β-unsaturated/α-hetero) is 1. The highest BCUT2D eigenvalue weighted by atomic mass is 16.3. The van der Waals surface area contributed by atoms with Gasteiger partial charge < -0.3 is 5.11 Å². The molecule has 78 valence electrons. The Bertz CT molecular complexity index is 181. The standard InChI is InChI=1S/C11H22O2/c1-10(2,3)7-8(12)9(13)11(4,5)6/h8,12H,7H2,1-6H3/t8-/m1/s1. The quantitative estimate of drug-likeness (QED) is 0.719. The van der Waals surface area contributed by atoms with Crippen molar-refractivity contribution < 1.29 is 9.90 Å². The van der Waals surface area contributed by atoms with Gasteiger partial charge in [-0.1, -0.05) is 41.5 Å². The van der Waals surface area contributed by atoms with Gasteiger partial charge in [-0.15, -0.1) is 0 Å². The SMILES string of the molecule is CC(C)(C)C[C@@H](O)C(=O)C(C)(C)C. The molecule has 0 unspecified atom stereocenters. The van der Waals surface area contributed by atoms with Gasteiger partial charge in [0.05, 0.1) is 0 Å². The molecule has 13 heavy (non-hydrogen) atoms. The summed E-state index contributed by atoms with van der Waals surface area (Å²) in [6.07, 6.45) is -0.289. The first kappa shape index (κ1) is 12.6. The van der Waals surface area contributed by atoms with Gasteiger partial charge in [-0.05, 0) is 11.8 Å². The molecule has 0 aliphatic carbocycles. The van der Waals surface area contributed by atoms with Crippen LogP contribution in [0.3, 0.4) is 0 Å². The Balaban J connectivity index is 4.30. The second-order valence-electron chi connectivity index (χ2n) is 5.89. The van der Waals surface area contributed by atoms with E-state index in [0.29, 0.717) is 6.42 Å². The molecule has 1 N–H and O–H groups in total. The summed E-state index contributed by atoms with van der Waals surface area (Å²) in [6.45, 7) is 11.6. The topological polar surface area (TPSA) is 37.3 Å². The van der Waals surface area contributed by atoms with Crippen molar-refractivity contribution in [3.8, 4) is 0 Å². The van der Waals surface area contributed by atoms with Gasteiger partial charge in [0.1, 0.15) is 6.10 Å². The lowest BCUT2D eigenvalue weighted by molar-refractivity contribution is -0.136. The normalized spacial score (nSPS) is 15.6. The maximum atomic E-state index is 11.6. The van der Waals surface area contributed by atoms with Crippen molar-refractivity contribution in [1.29, 1.82) is 0 Å². The molecule has 0 bridgehead atoms. The zero-order chi connectivity index (χ0) is 10.9. The molecule has 0 aliphatic heterocycles. The second kappa shape index (κ2) is 3.79. The number of aliphatic hydroxyl groups excluding tert-OH is 1. The molecule has 0 heterocycles. The van der Waals surface area contributed by atoms with Gasteiger partial charge in [0.2, 0.25) is 0 Å². The number of carbonyl (C=O) groups is 1. The molecule has 0 aromatic heterocycles. The van der Waals surface area contributed by atoms with E-state index < -0.39 is 11.5 Å². The minimum atomic E-state index is -0.819. The predicted octanol–water partition coefficient (Wildman–Crippen LogP) is 2.40. The zero-order valence-corrected chi connectivity index (χ0v) is 9.64. The predicted molar refractivity (Wildman–Crippen MR) is 54.5 cm³/mol. The van der Waals surface area contributed by atoms with Crippen LogP contribution in [-0.4, -0.2) is 17.0 Å². The average Bonchev–Trinajstić information content (AvgIpc) is 1.79. The average molecular weight is 186 g/mol. The summed E-state index contributed by atoms with van der Waals surface area (Å²) in [6, 6.07) is 0. The summed E-state index contributed by atoms with van der Waals surface area (Å²) >= 11 is 0. The highest BCUT2D eigenvalue weighted by Crippen LogP contribution is 2.25. The fourth-order valence-electron chi connectivity index (χ4n) is 1.17. The van der Waals surface area contributed by atoms with Crippen molar-refractivity contribution in [3.05, 3.63) is 0 Å². The fraction of sp³-hybridized carbons (Fsp3) is 0.909. The third-order valence-electron chi connectivity index (χ3n) is 1.85. The molecule has 0 radical (unpaired) electrons. The molecular weight excluding hydrogens is 164 g/mol. The van der Waals surface area contributed by atoms with Crippen molar-refractivity contribution in [2.24, 2.45) is 10.8 Å². The van der Waals surface area contributed by atoms with Crippen molar-refractivity contribution >= 4 is 5.78 Å². The van der Waals surface area contributed by atoms with E-state index in [9.17, 15) is 9.90 Å². The highest BCUT2D eigenvalue weighted by Gasteiger charge is 2.30. The van der Waals surface area contributed by atoms with Gasteiger partial charge in [0.25, 0.3) is 0 Å². The van der Waals surface area contributed by atoms with Crippen LogP contribution in [0.25, 0.3) is 0 Å². The summed E-state index contributed by atoms with van der Waals surface area (Å²) in [5, 5.41) is 9.64. The van der Waals surface area contributed by atoms with E-state index in [0.717, 1.165) is 0 Å². The number of ketones is 1. The molecule has 1 atom stereocenters. The Kier molecular flexibility index (Phi) is 3.68. The van der Waals surface area contributed by atoms with Crippen molar-refractivity contribution in [1.82, 2.24) is 0 Å². The Morgan fingerprint density at radius 1 is 1.15 bits per heavy atom. The van der Waals surface area contributed by atoms with Gasteiger partial charge in [0.15, 0.2) is 5.78 Å². The third-order valence-corrected chi connectivity index (χ3v) is 1.85. The molecule has 0 saturated heterocycles. The van der Waals surface area contributed by atoms with Gasteiger partial charge in [-0.25, -0.2) is 0 Å². The van der Waals surface area contributed by atoms with E-state index in [-0.39, 0.29) is 11.2 Å². The zero-order valence-electron chi connectivity index (χ0n) is 9.64. The smallest absolute Gasteiger partial charge is 0.166 e. The van der Waals surface area contributed by atoms with Crippen LogP contribution in [0.5, 0.6) is 0 Å². The van der Waals surface area contributed by atoms with Crippen LogP contribution in [0.15, 0.2) is 0 Å². The number of aliphatic hydroxyl groups is 1. The number of hydrogen-bond acceptors (Lipinski definition) is 2. The first-order chi connectivity index (χ1) is 5.54. The second-order valence-corrected chi connectivity index (χ2v) is 5.89. The number of rotatable bonds is 2. The molecule has 0 fully saturated rings. The molecule has 0 aromatic rings. The van der Waals surface area contributed by atoms with E-state index in [4.69, 9.17) is 0 Å². The van der Waals surface area contributed by atoms with Crippen molar-refractivity contribution in [2.75, 3.05) is 0 Å². The van der Waals surface area contributed by atoms with Gasteiger partial charge in [-0.2, -0.15) is 0 Å². The van der Waals surface area contributed by atoms with Crippen molar-refractivity contribution in [3.63, 3.8) is 0 Å². The molecule has 2 nitrogen and oxygen atoms in total. The lowest BCUT2D eigenvalue weighted by atomic mass is 9.81. The van der Waals surface area contributed by atoms with Crippen LogP contribution in [0.2, 0.25) is 0 Å². The summed E-state index contributed by atoms with van der Waals surface area (Å²) < 4.78 is 0. The molecule has 2 heteroatoms. The lowest BCUT2D eigenvalue weighted by Gasteiger charge is -2.26. The lowest BCUT2D eigenvalue weighted by Crippen LogP contribution is -2.35. The summed E-state index contributed by atoms with van der Waals surface area (Å²) in [5.41, 5.74) is -0.439. The first-order valence-electron chi connectivity index (χ1n) is 4.76. The molecule has 0 spiro atoms. The van der Waals surface area contributed by atoms with Crippen LogP contribution >= 0.6 is 0 Å². The van der Waals surface area contributed by atoms with Crippen LogP contribution in [0, 0.1) is 10.8 Å². The Morgan fingerprint density at radius 2 is 1.54 bits per heavy atom. The molecule has 0 saturated carbocycles. The molecule has 0 aromatic carbocycles. The largest absolute Gasteiger partial charge is 0.385 e. The Labute approximate surface area is 81.3 Å². The third kappa shape index (κ3) is 5.04. The highest BCUT2D eigenvalue weighted by molar-refractivity contribution is 5.87. The van der Waals surface area contributed by atoms with E-state index >= 15 is 0 Å². The van der Waals surface area contributed by atoms with Crippen molar-refractivity contribution in [2.45, 2.75) is 54.1 Å². The Morgan fingerprint density at radius 3 is 1.77 bits per heavy atom.